The number of benzene rings is 1. The predicted molar refractivity (Wildman–Crippen MR) is 62.1 cm³/mol. The summed E-state index contributed by atoms with van der Waals surface area (Å²) in [7, 11) is 3.26. The van der Waals surface area contributed by atoms with Crippen LogP contribution in [0.4, 0.5) is 10.1 Å². The van der Waals surface area contributed by atoms with Gasteiger partial charge in [-0.15, -0.1) is 0 Å². The van der Waals surface area contributed by atoms with Gasteiger partial charge in [0, 0.05) is 25.3 Å². The highest BCUT2D eigenvalue weighted by Gasteiger charge is 2.10. The van der Waals surface area contributed by atoms with Crippen LogP contribution in [0.25, 0.3) is 0 Å². The molecule has 0 unspecified atom stereocenters. The molecule has 0 atom stereocenters. The number of amides is 1. The summed E-state index contributed by atoms with van der Waals surface area (Å²) in [6.07, 6.45) is 0. The van der Waals surface area contributed by atoms with Crippen LogP contribution in [0.2, 0.25) is 0 Å². The monoisotopic (exact) mass is 308 g/mol. The third kappa shape index (κ3) is 2.57. The number of rotatable bonds is 2. The number of halogens is 2. The summed E-state index contributed by atoms with van der Waals surface area (Å²) in [5, 5.41) is 0. The Morgan fingerprint density at radius 3 is 2.57 bits per heavy atom. The van der Waals surface area contributed by atoms with Gasteiger partial charge in [0.15, 0.2) is 0 Å². The molecule has 0 fully saturated rings. The van der Waals surface area contributed by atoms with Crippen molar-refractivity contribution >= 4 is 34.5 Å². The van der Waals surface area contributed by atoms with Gasteiger partial charge in [0.25, 0.3) is 5.91 Å². The van der Waals surface area contributed by atoms with Gasteiger partial charge in [-0.25, -0.2) is 4.39 Å². The lowest BCUT2D eigenvalue weighted by atomic mass is 10.2. The first-order valence-corrected chi connectivity index (χ1v) is 5.01. The highest BCUT2D eigenvalue weighted by Crippen LogP contribution is 2.16. The number of hydrogen-bond donors (Lipinski definition) is 1. The normalized spacial score (nSPS) is 9.71. The van der Waals surface area contributed by atoms with E-state index in [2.05, 4.69) is 3.53 Å². The van der Waals surface area contributed by atoms with Gasteiger partial charge in [-0.2, -0.15) is 0 Å². The first-order valence-electron chi connectivity index (χ1n) is 3.93. The zero-order valence-electron chi connectivity index (χ0n) is 7.84. The van der Waals surface area contributed by atoms with Gasteiger partial charge in [0.2, 0.25) is 0 Å². The Kier molecular flexibility index (Phi) is 3.68. The molecule has 14 heavy (non-hydrogen) atoms. The van der Waals surface area contributed by atoms with E-state index >= 15 is 0 Å². The average molecular weight is 308 g/mol. The summed E-state index contributed by atoms with van der Waals surface area (Å²) in [5.74, 6) is -0.630. The van der Waals surface area contributed by atoms with E-state index in [1.807, 2.05) is 22.9 Å². The van der Waals surface area contributed by atoms with E-state index in [1.54, 1.807) is 20.2 Å². The first-order chi connectivity index (χ1) is 6.54. The van der Waals surface area contributed by atoms with E-state index in [9.17, 15) is 9.18 Å². The summed E-state index contributed by atoms with van der Waals surface area (Å²) >= 11 is 1.89. The third-order valence-corrected chi connectivity index (χ3v) is 2.28. The number of carbonyl (C=O) groups is 1. The number of nitrogens with one attached hydrogen (secondary N) is 1. The van der Waals surface area contributed by atoms with E-state index in [0.29, 0.717) is 11.3 Å². The standard InChI is InChI=1S/C9H10FIN2O/c1-13(2)9(14)6-3-7(10)5-8(4-6)12-11/h3-5,12H,1-2H3. The molecule has 0 heterocycles. The fourth-order valence-corrected chi connectivity index (χ4v) is 1.34. The molecule has 76 valence electrons. The van der Waals surface area contributed by atoms with Gasteiger partial charge in [0.05, 0.1) is 22.9 Å². The van der Waals surface area contributed by atoms with E-state index < -0.39 is 5.82 Å². The average Bonchev–Trinajstić information content (AvgIpc) is 2.15. The van der Waals surface area contributed by atoms with Crippen LogP contribution < -0.4 is 3.53 Å². The molecule has 1 rings (SSSR count). The zero-order valence-corrected chi connectivity index (χ0v) is 10.0. The molecular formula is C9H10FIN2O. The molecule has 0 spiro atoms. The van der Waals surface area contributed by atoms with Gasteiger partial charge in [-0.05, 0) is 18.2 Å². The molecular weight excluding hydrogens is 298 g/mol. The van der Waals surface area contributed by atoms with Crippen molar-refractivity contribution in [3.05, 3.63) is 29.6 Å². The molecule has 0 aromatic heterocycles. The van der Waals surface area contributed by atoms with Crippen LogP contribution in [-0.4, -0.2) is 24.9 Å². The molecule has 3 nitrogen and oxygen atoms in total. The Labute approximate surface area is 95.8 Å². The Morgan fingerprint density at radius 2 is 2.07 bits per heavy atom. The van der Waals surface area contributed by atoms with Crippen LogP contribution >= 0.6 is 22.9 Å². The molecule has 0 aliphatic carbocycles. The number of anilines is 1. The number of nitrogens with zero attached hydrogens (tertiary/aromatic N) is 1. The quantitative estimate of drug-likeness (QED) is 0.671. The highest BCUT2D eigenvalue weighted by atomic mass is 127. The zero-order chi connectivity index (χ0) is 10.7. The van der Waals surface area contributed by atoms with Gasteiger partial charge < -0.3 is 8.43 Å². The lowest BCUT2D eigenvalue weighted by molar-refractivity contribution is 0.0827. The van der Waals surface area contributed by atoms with Crippen molar-refractivity contribution in [3.63, 3.8) is 0 Å². The maximum Gasteiger partial charge on any atom is 0.253 e. The minimum atomic E-state index is -0.420. The van der Waals surface area contributed by atoms with Crippen molar-refractivity contribution in [1.29, 1.82) is 0 Å². The van der Waals surface area contributed by atoms with Crippen LogP contribution in [0.15, 0.2) is 18.2 Å². The van der Waals surface area contributed by atoms with Crippen LogP contribution in [0.5, 0.6) is 0 Å². The first kappa shape index (κ1) is 11.2. The Hall–Kier alpha value is -0.850. The summed E-state index contributed by atoms with van der Waals surface area (Å²) < 4.78 is 15.8. The maximum atomic E-state index is 13.0. The lowest BCUT2D eigenvalue weighted by Gasteiger charge is -2.11. The number of hydrogen-bond acceptors (Lipinski definition) is 2. The van der Waals surface area contributed by atoms with Crippen LogP contribution in [0.1, 0.15) is 10.4 Å². The molecule has 0 radical (unpaired) electrons. The third-order valence-electron chi connectivity index (χ3n) is 1.66. The summed E-state index contributed by atoms with van der Waals surface area (Å²) in [6, 6.07) is 4.16. The largest absolute Gasteiger partial charge is 0.345 e. The second-order valence-corrected chi connectivity index (χ2v) is 3.56. The molecule has 0 saturated carbocycles. The van der Waals surface area contributed by atoms with Crippen molar-refractivity contribution in [3.8, 4) is 0 Å². The molecule has 5 heteroatoms. The molecule has 1 aromatic rings. The van der Waals surface area contributed by atoms with E-state index in [-0.39, 0.29) is 5.91 Å². The van der Waals surface area contributed by atoms with Crippen molar-refractivity contribution in [2.75, 3.05) is 17.6 Å². The van der Waals surface area contributed by atoms with Crippen molar-refractivity contribution in [1.82, 2.24) is 4.90 Å². The van der Waals surface area contributed by atoms with Gasteiger partial charge in [-0.3, -0.25) is 4.79 Å². The van der Waals surface area contributed by atoms with Gasteiger partial charge >= 0.3 is 0 Å². The SMILES string of the molecule is CN(C)C(=O)c1cc(F)cc(NI)c1. The minimum absolute atomic E-state index is 0.211. The van der Waals surface area contributed by atoms with Crippen LogP contribution in [-0.2, 0) is 0 Å². The Morgan fingerprint density at radius 1 is 1.43 bits per heavy atom. The topological polar surface area (TPSA) is 32.3 Å². The fourth-order valence-electron chi connectivity index (χ4n) is 1.03. The summed E-state index contributed by atoms with van der Waals surface area (Å²) in [4.78, 5) is 12.9. The summed E-state index contributed by atoms with van der Waals surface area (Å²) in [5.41, 5.74) is 0.921. The Balaban J connectivity index is 3.09. The van der Waals surface area contributed by atoms with Crippen LogP contribution in [0.3, 0.4) is 0 Å². The minimum Gasteiger partial charge on any atom is -0.345 e. The van der Waals surface area contributed by atoms with Crippen molar-refractivity contribution in [2.24, 2.45) is 0 Å². The highest BCUT2D eigenvalue weighted by molar-refractivity contribution is 14.1. The van der Waals surface area contributed by atoms with Crippen molar-refractivity contribution < 1.29 is 9.18 Å². The molecule has 1 amide bonds. The van der Waals surface area contributed by atoms with E-state index in [1.165, 1.54) is 17.0 Å². The molecule has 1 N–H and O–H groups in total. The number of carbonyl (C=O) groups excluding carboxylic acids is 1. The predicted octanol–water partition coefficient (Wildman–Crippen LogP) is 2.29. The molecule has 0 aliphatic heterocycles. The summed E-state index contributed by atoms with van der Waals surface area (Å²) in [6.45, 7) is 0. The fraction of sp³-hybridized carbons (Fsp3) is 0.222. The molecule has 0 aliphatic rings. The van der Waals surface area contributed by atoms with Gasteiger partial charge in [-0.1, -0.05) is 0 Å². The van der Waals surface area contributed by atoms with Crippen molar-refractivity contribution in [2.45, 2.75) is 0 Å². The van der Waals surface area contributed by atoms with Crippen LogP contribution in [0, 0.1) is 5.82 Å². The Bertz CT molecular complexity index is 355. The maximum absolute atomic E-state index is 13.0. The van der Waals surface area contributed by atoms with E-state index in [4.69, 9.17) is 0 Å². The molecule has 0 bridgehead atoms. The second-order valence-electron chi connectivity index (χ2n) is 3.02. The van der Waals surface area contributed by atoms with Gasteiger partial charge in [0.1, 0.15) is 5.82 Å². The molecule has 1 aromatic carbocycles. The second kappa shape index (κ2) is 4.59. The molecule has 0 saturated heterocycles. The lowest BCUT2D eigenvalue weighted by Crippen LogP contribution is -2.21. The smallest absolute Gasteiger partial charge is 0.253 e. The van der Waals surface area contributed by atoms with E-state index in [0.717, 1.165) is 0 Å².